The van der Waals surface area contributed by atoms with Crippen LogP contribution in [-0.2, 0) is 16.1 Å². The van der Waals surface area contributed by atoms with E-state index in [2.05, 4.69) is 0 Å². The smallest absolute Gasteiger partial charge is 0.118 e. The fourth-order valence-electron chi connectivity index (χ4n) is 2.23. The molecular weight excluding hydrogens is 272 g/mol. The molecule has 0 unspecified atom stereocenters. The predicted octanol–water partition coefficient (Wildman–Crippen LogP) is 1.50. The minimum atomic E-state index is -0.371. The Bertz CT molecular complexity index is 406. The summed E-state index contributed by atoms with van der Waals surface area (Å²) in [5, 5.41) is 18.7. The number of epoxide rings is 1. The van der Waals surface area contributed by atoms with E-state index in [1.54, 1.807) is 7.11 Å². The van der Waals surface area contributed by atoms with Crippen molar-refractivity contribution in [1.29, 1.82) is 0 Å². The topological polar surface area (TPSA) is 71.5 Å². The van der Waals surface area contributed by atoms with Crippen molar-refractivity contribution in [2.75, 3.05) is 20.3 Å². The molecule has 0 bridgehead atoms. The van der Waals surface area contributed by atoms with Crippen LogP contribution in [0.4, 0.5) is 0 Å². The van der Waals surface area contributed by atoms with E-state index in [9.17, 15) is 5.11 Å². The number of ether oxygens (including phenoxy) is 3. The number of aliphatic hydroxyl groups excluding tert-OH is 2. The van der Waals surface area contributed by atoms with Gasteiger partial charge in [0.25, 0.3) is 0 Å². The first-order valence-corrected chi connectivity index (χ1v) is 7.38. The molecule has 1 aromatic rings. The van der Waals surface area contributed by atoms with E-state index >= 15 is 0 Å². The molecule has 1 fully saturated rings. The third-order valence-electron chi connectivity index (χ3n) is 3.68. The summed E-state index contributed by atoms with van der Waals surface area (Å²) in [5.74, 6) is 0.831. The van der Waals surface area contributed by atoms with Crippen LogP contribution in [0.5, 0.6) is 5.75 Å². The fraction of sp³-hybridized carbons (Fsp3) is 0.625. The normalized spacial score (nSPS) is 22.0. The first kappa shape index (κ1) is 16.2. The molecule has 0 amide bonds. The van der Waals surface area contributed by atoms with Crippen LogP contribution >= 0.6 is 0 Å². The molecule has 1 heterocycles. The van der Waals surface area contributed by atoms with Gasteiger partial charge in [0.05, 0.1) is 32.5 Å². The van der Waals surface area contributed by atoms with Gasteiger partial charge in [-0.15, -0.1) is 0 Å². The van der Waals surface area contributed by atoms with E-state index in [0.29, 0.717) is 26.1 Å². The molecule has 2 N–H and O–H groups in total. The van der Waals surface area contributed by atoms with Crippen LogP contribution in [0.25, 0.3) is 0 Å². The zero-order chi connectivity index (χ0) is 15.1. The molecular formula is C16H24O5. The maximum atomic E-state index is 9.84. The Hall–Kier alpha value is -1.14. The SMILES string of the molecule is COc1ccc(COCC[C@H](O)CC[C@@H]2O[C@@H]2CO)cc1. The summed E-state index contributed by atoms with van der Waals surface area (Å²) in [6.07, 6.45) is 1.85. The largest absolute Gasteiger partial charge is 0.497 e. The number of benzene rings is 1. The average Bonchev–Trinajstić information content (AvgIpc) is 3.29. The van der Waals surface area contributed by atoms with Crippen molar-refractivity contribution in [2.24, 2.45) is 0 Å². The minimum Gasteiger partial charge on any atom is -0.497 e. The lowest BCUT2D eigenvalue weighted by molar-refractivity contribution is 0.0682. The van der Waals surface area contributed by atoms with Crippen molar-refractivity contribution in [3.63, 3.8) is 0 Å². The van der Waals surface area contributed by atoms with Crippen LogP contribution in [0.3, 0.4) is 0 Å². The zero-order valence-corrected chi connectivity index (χ0v) is 12.4. The second-order valence-electron chi connectivity index (χ2n) is 5.32. The van der Waals surface area contributed by atoms with E-state index in [-0.39, 0.29) is 24.9 Å². The molecule has 3 atom stereocenters. The number of hydrogen-bond acceptors (Lipinski definition) is 5. The summed E-state index contributed by atoms with van der Waals surface area (Å²) in [7, 11) is 1.64. The molecule has 118 valence electrons. The Kier molecular flexibility index (Phi) is 6.45. The second-order valence-corrected chi connectivity index (χ2v) is 5.32. The Labute approximate surface area is 125 Å². The molecule has 1 aromatic carbocycles. The zero-order valence-electron chi connectivity index (χ0n) is 12.4. The third kappa shape index (κ3) is 5.63. The van der Waals surface area contributed by atoms with Gasteiger partial charge in [-0.05, 0) is 37.0 Å². The number of rotatable bonds is 10. The van der Waals surface area contributed by atoms with Crippen LogP contribution in [0, 0.1) is 0 Å². The van der Waals surface area contributed by atoms with E-state index in [1.807, 2.05) is 24.3 Å². The fourth-order valence-corrected chi connectivity index (χ4v) is 2.23. The maximum Gasteiger partial charge on any atom is 0.118 e. The Morgan fingerprint density at radius 2 is 1.95 bits per heavy atom. The molecule has 0 aromatic heterocycles. The highest BCUT2D eigenvalue weighted by Crippen LogP contribution is 2.26. The van der Waals surface area contributed by atoms with Crippen molar-refractivity contribution in [2.45, 2.75) is 44.2 Å². The monoisotopic (exact) mass is 296 g/mol. The highest BCUT2D eigenvalue weighted by atomic mass is 16.6. The summed E-state index contributed by atoms with van der Waals surface area (Å²) in [5.41, 5.74) is 1.09. The molecule has 2 rings (SSSR count). The average molecular weight is 296 g/mol. The van der Waals surface area contributed by atoms with Gasteiger partial charge in [0.15, 0.2) is 0 Å². The number of aliphatic hydroxyl groups is 2. The summed E-state index contributed by atoms with van der Waals surface area (Å²) >= 11 is 0. The van der Waals surface area contributed by atoms with Crippen molar-refractivity contribution in [3.05, 3.63) is 29.8 Å². The molecule has 1 saturated heterocycles. The minimum absolute atomic E-state index is 0.0106. The second kappa shape index (κ2) is 8.34. The first-order chi connectivity index (χ1) is 10.2. The van der Waals surface area contributed by atoms with Crippen molar-refractivity contribution in [3.8, 4) is 5.75 Å². The molecule has 1 aliphatic rings. The summed E-state index contributed by atoms with van der Waals surface area (Å²) in [6, 6.07) is 7.74. The predicted molar refractivity (Wildman–Crippen MR) is 78.3 cm³/mol. The molecule has 1 aliphatic heterocycles. The molecule has 0 spiro atoms. The van der Waals surface area contributed by atoms with Gasteiger partial charge in [-0.25, -0.2) is 0 Å². The highest BCUT2D eigenvalue weighted by Gasteiger charge is 2.37. The summed E-state index contributed by atoms with van der Waals surface area (Å²) in [4.78, 5) is 0. The molecule has 21 heavy (non-hydrogen) atoms. The standard InChI is InChI=1S/C16H24O5/c1-19-14-5-2-12(3-6-14)11-20-9-8-13(18)4-7-15-16(10-17)21-15/h2-3,5-6,13,15-18H,4,7-11H2,1H3/t13-,15+,16-/m1/s1. The van der Waals surface area contributed by atoms with Crippen LogP contribution in [0.15, 0.2) is 24.3 Å². The Balaban J connectivity index is 1.52. The number of hydrogen-bond donors (Lipinski definition) is 2. The molecule has 0 radical (unpaired) electrons. The van der Waals surface area contributed by atoms with Gasteiger partial charge in [0.2, 0.25) is 0 Å². The lowest BCUT2D eigenvalue weighted by atomic mass is 10.1. The highest BCUT2D eigenvalue weighted by molar-refractivity contribution is 5.26. The molecule has 5 heteroatoms. The van der Waals surface area contributed by atoms with Crippen molar-refractivity contribution >= 4 is 0 Å². The van der Waals surface area contributed by atoms with E-state index in [1.165, 1.54) is 0 Å². The lowest BCUT2D eigenvalue weighted by Gasteiger charge is -2.10. The van der Waals surface area contributed by atoms with Gasteiger partial charge >= 0.3 is 0 Å². The Morgan fingerprint density at radius 1 is 1.19 bits per heavy atom. The van der Waals surface area contributed by atoms with Gasteiger partial charge in [0.1, 0.15) is 11.9 Å². The summed E-state index contributed by atoms with van der Waals surface area (Å²) in [6.45, 7) is 1.14. The third-order valence-corrected chi connectivity index (χ3v) is 3.68. The van der Waals surface area contributed by atoms with Gasteiger partial charge in [0, 0.05) is 6.61 Å². The lowest BCUT2D eigenvalue weighted by Crippen LogP contribution is -2.12. The van der Waals surface area contributed by atoms with E-state index in [0.717, 1.165) is 17.7 Å². The summed E-state index contributed by atoms with van der Waals surface area (Å²) < 4.78 is 15.9. The van der Waals surface area contributed by atoms with Crippen molar-refractivity contribution in [1.82, 2.24) is 0 Å². The maximum absolute atomic E-state index is 9.84. The van der Waals surface area contributed by atoms with Crippen LogP contribution in [-0.4, -0.2) is 48.8 Å². The van der Waals surface area contributed by atoms with Crippen LogP contribution < -0.4 is 4.74 Å². The van der Waals surface area contributed by atoms with Gasteiger partial charge in [-0.3, -0.25) is 0 Å². The van der Waals surface area contributed by atoms with Crippen molar-refractivity contribution < 1.29 is 24.4 Å². The van der Waals surface area contributed by atoms with Crippen LogP contribution in [0.2, 0.25) is 0 Å². The number of methoxy groups -OCH3 is 1. The van der Waals surface area contributed by atoms with Gasteiger partial charge < -0.3 is 24.4 Å². The molecule has 0 aliphatic carbocycles. The molecule has 0 saturated carbocycles. The van der Waals surface area contributed by atoms with E-state index < -0.39 is 0 Å². The molecule has 5 nitrogen and oxygen atoms in total. The Morgan fingerprint density at radius 3 is 2.57 bits per heavy atom. The first-order valence-electron chi connectivity index (χ1n) is 7.38. The van der Waals surface area contributed by atoms with E-state index in [4.69, 9.17) is 19.3 Å². The van der Waals surface area contributed by atoms with Gasteiger partial charge in [-0.2, -0.15) is 0 Å². The van der Waals surface area contributed by atoms with Gasteiger partial charge in [-0.1, -0.05) is 12.1 Å². The van der Waals surface area contributed by atoms with Crippen LogP contribution in [0.1, 0.15) is 24.8 Å². The quantitative estimate of drug-likeness (QED) is 0.506.